The molecule has 1 aromatic heterocycles. The fourth-order valence-corrected chi connectivity index (χ4v) is 3.93. The number of methoxy groups -OCH3 is 2. The molecule has 1 aliphatic heterocycles. The summed E-state index contributed by atoms with van der Waals surface area (Å²) in [6.45, 7) is 2.09. The number of nitrogens with zero attached hydrogens (tertiary/aromatic N) is 3. The van der Waals surface area contributed by atoms with E-state index in [0.717, 1.165) is 22.0 Å². The summed E-state index contributed by atoms with van der Waals surface area (Å²) < 4.78 is 23.8. The van der Waals surface area contributed by atoms with Crippen LogP contribution in [0.25, 0.3) is 0 Å². The Balaban J connectivity index is 2.04. The summed E-state index contributed by atoms with van der Waals surface area (Å²) in [5.74, 6) is 1.21. The number of rotatable bonds is 3. The van der Waals surface area contributed by atoms with Gasteiger partial charge in [-0.2, -0.15) is 0 Å². The van der Waals surface area contributed by atoms with Crippen molar-refractivity contribution >= 4 is 17.4 Å². The molecule has 0 aliphatic carbocycles. The van der Waals surface area contributed by atoms with Crippen molar-refractivity contribution in [2.45, 2.75) is 17.4 Å². The van der Waals surface area contributed by atoms with Crippen LogP contribution in [0, 0.1) is 5.82 Å². The number of benzene rings is 1. The molecule has 1 unspecified atom stereocenters. The zero-order valence-electron chi connectivity index (χ0n) is 13.5. The molecule has 2 aromatic rings. The van der Waals surface area contributed by atoms with Gasteiger partial charge in [0.2, 0.25) is 0 Å². The molecule has 0 fully saturated rings. The molecule has 0 saturated heterocycles. The van der Waals surface area contributed by atoms with Crippen molar-refractivity contribution in [3.8, 4) is 11.8 Å². The molecule has 1 atom stereocenters. The quantitative estimate of drug-likeness (QED) is 0.859. The van der Waals surface area contributed by atoms with Crippen LogP contribution in [0.3, 0.4) is 0 Å². The number of hydrogen-bond donors (Lipinski definition) is 0. The van der Waals surface area contributed by atoms with Crippen molar-refractivity contribution < 1.29 is 13.9 Å². The lowest BCUT2D eigenvalue weighted by Crippen LogP contribution is -2.46. The number of ether oxygens (including phenoxy) is 2. The van der Waals surface area contributed by atoms with E-state index in [1.807, 2.05) is 7.05 Å². The lowest BCUT2D eigenvalue weighted by molar-refractivity contribution is 0.326. The second-order valence-corrected chi connectivity index (χ2v) is 6.52. The van der Waals surface area contributed by atoms with Crippen molar-refractivity contribution in [1.82, 2.24) is 9.97 Å². The van der Waals surface area contributed by atoms with Crippen LogP contribution in [-0.4, -0.2) is 37.0 Å². The molecule has 0 N–H and O–H groups in total. The fourth-order valence-electron chi connectivity index (χ4n) is 2.60. The van der Waals surface area contributed by atoms with Crippen LogP contribution in [-0.2, 0) is 5.54 Å². The molecule has 2 heterocycles. The van der Waals surface area contributed by atoms with Crippen molar-refractivity contribution in [3.63, 3.8) is 0 Å². The van der Waals surface area contributed by atoms with Gasteiger partial charge in [-0.25, -0.2) is 14.4 Å². The average molecular weight is 335 g/mol. The highest BCUT2D eigenvalue weighted by Crippen LogP contribution is 2.45. The number of anilines is 1. The minimum Gasteiger partial charge on any atom is -0.477 e. The standard InChI is InChI=1S/C16H18FN3O2S/c1-16(13-8-18-14(21-3)15(19-13)22-4)9-23-12-7-10(17)5-6-11(12)20(16)2/h5-8H,9H2,1-4H3. The Morgan fingerprint density at radius 1 is 1.26 bits per heavy atom. The van der Waals surface area contributed by atoms with E-state index in [-0.39, 0.29) is 11.4 Å². The maximum absolute atomic E-state index is 13.4. The Hall–Kier alpha value is -2.02. The first-order chi connectivity index (χ1) is 11.0. The van der Waals surface area contributed by atoms with E-state index in [4.69, 9.17) is 9.47 Å². The Morgan fingerprint density at radius 3 is 2.70 bits per heavy atom. The molecule has 7 heteroatoms. The molecule has 0 radical (unpaired) electrons. The van der Waals surface area contributed by atoms with E-state index in [1.54, 1.807) is 30.1 Å². The van der Waals surface area contributed by atoms with Crippen molar-refractivity contribution in [2.75, 3.05) is 31.9 Å². The van der Waals surface area contributed by atoms with Crippen LogP contribution >= 0.6 is 11.8 Å². The molecule has 1 aromatic carbocycles. The number of thioether (sulfide) groups is 1. The Bertz CT molecular complexity index is 743. The monoisotopic (exact) mass is 335 g/mol. The summed E-state index contributed by atoms with van der Waals surface area (Å²) in [5.41, 5.74) is 1.36. The van der Waals surface area contributed by atoms with Gasteiger partial charge in [-0.15, -0.1) is 11.8 Å². The Labute approximate surface area is 138 Å². The molecule has 0 bridgehead atoms. The molecule has 0 amide bonds. The number of halogens is 1. The molecule has 1 aliphatic rings. The average Bonchev–Trinajstić information content (AvgIpc) is 2.57. The summed E-state index contributed by atoms with van der Waals surface area (Å²) in [5, 5.41) is 0. The van der Waals surface area contributed by atoms with E-state index < -0.39 is 0 Å². The SMILES string of the molecule is COc1ncc(C2(C)CSc3cc(F)ccc3N2C)nc1OC. The van der Waals surface area contributed by atoms with Crippen LogP contribution in [0.4, 0.5) is 10.1 Å². The predicted molar refractivity (Wildman–Crippen MR) is 88.0 cm³/mol. The lowest BCUT2D eigenvalue weighted by Gasteiger charge is -2.44. The Kier molecular flexibility index (Phi) is 4.06. The van der Waals surface area contributed by atoms with Gasteiger partial charge in [-0.05, 0) is 25.1 Å². The third-order valence-electron chi connectivity index (χ3n) is 4.18. The van der Waals surface area contributed by atoms with Crippen LogP contribution < -0.4 is 14.4 Å². The molecule has 0 spiro atoms. The second-order valence-electron chi connectivity index (χ2n) is 5.51. The van der Waals surface area contributed by atoms with Crippen LogP contribution in [0.1, 0.15) is 12.6 Å². The van der Waals surface area contributed by atoms with Gasteiger partial charge >= 0.3 is 0 Å². The smallest absolute Gasteiger partial charge is 0.278 e. The highest BCUT2D eigenvalue weighted by molar-refractivity contribution is 7.99. The third kappa shape index (κ3) is 2.59. The topological polar surface area (TPSA) is 47.5 Å². The summed E-state index contributed by atoms with van der Waals surface area (Å²) in [6.07, 6.45) is 1.70. The summed E-state index contributed by atoms with van der Waals surface area (Å²) >= 11 is 1.61. The van der Waals surface area contributed by atoms with E-state index in [1.165, 1.54) is 20.3 Å². The van der Waals surface area contributed by atoms with E-state index in [2.05, 4.69) is 21.8 Å². The maximum Gasteiger partial charge on any atom is 0.278 e. The molecule has 3 rings (SSSR count). The highest BCUT2D eigenvalue weighted by atomic mass is 32.2. The molecule has 5 nitrogen and oxygen atoms in total. The van der Waals surface area contributed by atoms with Crippen molar-refractivity contribution in [2.24, 2.45) is 0 Å². The molecule has 122 valence electrons. The minimum absolute atomic E-state index is 0.223. The molecular weight excluding hydrogens is 317 g/mol. The minimum atomic E-state index is -0.387. The maximum atomic E-state index is 13.4. The molecular formula is C16H18FN3O2S. The van der Waals surface area contributed by atoms with Gasteiger partial charge in [0.25, 0.3) is 11.8 Å². The number of aromatic nitrogens is 2. The van der Waals surface area contributed by atoms with Crippen molar-refractivity contribution in [3.05, 3.63) is 35.9 Å². The fraction of sp³-hybridized carbons (Fsp3) is 0.375. The first-order valence-electron chi connectivity index (χ1n) is 7.11. The second kappa shape index (κ2) is 5.88. The zero-order chi connectivity index (χ0) is 16.6. The Morgan fingerprint density at radius 2 is 2.00 bits per heavy atom. The van der Waals surface area contributed by atoms with Gasteiger partial charge in [-0.1, -0.05) is 0 Å². The normalized spacial score (nSPS) is 20.1. The summed E-state index contributed by atoms with van der Waals surface area (Å²) in [6, 6.07) is 4.83. The summed E-state index contributed by atoms with van der Waals surface area (Å²) in [4.78, 5) is 11.9. The van der Waals surface area contributed by atoms with E-state index in [9.17, 15) is 4.39 Å². The highest BCUT2D eigenvalue weighted by Gasteiger charge is 2.39. The first-order valence-corrected chi connectivity index (χ1v) is 8.10. The van der Waals surface area contributed by atoms with Crippen LogP contribution in [0.15, 0.2) is 29.3 Å². The van der Waals surface area contributed by atoms with E-state index in [0.29, 0.717) is 11.8 Å². The van der Waals surface area contributed by atoms with Gasteiger partial charge in [0.1, 0.15) is 5.82 Å². The zero-order valence-corrected chi connectivity index (χ0v) is 14.3. The lowest BCUT2D eigenvalue weighted by atomic mass is 9.97. The van der Waals surface area contributed by atoms with Gasteiger partial charge in [-0.3, -0.25) is 0 Å². The van der Waals surface area contributed by atoms with Crippen LogP contribution in [0.2, 0.25) is 0 Å². The summed E-state index contributed by atoms with van der Waals surface area (Å²) in [7, 11) is 5.05. The van der Waals surface area contributed by atoms with Crippen molar-refractivity contribution in [1.29, 1.82) is 0 Å². The van der Waals surface area contributed by atoms with Crippen LogP contribution in [0.5, 0.6) is 11.8 Å². The third-order valence-corrected chi connectivity index (χ3v) is 5.52. The first kappa shape index (κ1) is 15.9. The van der Waals surface area contributed by atoms with E-state index >= 15 is 0 Å². The van der Waals surface area contributed by atoms with Gasteiger partial charge in [0.05, 0.1) is 37.3 Å². The molecule has 0 saturated carbocycles. The van der Waals surface area contributed by atoms with Gasteiger partial charge in [0.15, 0.2) is 0 Å². The van der Waals surface area contributed by atoms with Gasteiger partial charge < -0.3 is 14.4 Å². The predicted octanol–water partition coefficient (Wildman–Crippen LogP) is 3.09. The number of fused-ring (bicyclic) bond motifs is 1. The number of hydrogen-bond acceptors (Lipinski definition) is 6. The largest absolute Gasteiger partial charge is 0.477 e. The van der Waals surface area contributed by atoms with Gasteiger partial charge in [0, 0.05) is 17.7 Å². The molecule has 23 heavy (non-hydrogen) atoms.